The molecular formula is C16H24N4O. The molecule has 2 aliphatic rings. The first-order chi connectivity index (χ1) is 10.2. The minimum absolute atomic E-state index is 0.281. The van der Waals surface area contributed by atoms with Crippen LogP contribution in [0.2, 0.25) is 0 Å². The normalized spacial score (nSPS) is 26.4. The number of piperidine rings is 1. The third-order valence-electron chi connectivity index (χ3n) is 4.88. The molecule has 0 saturated carbocycles. The van der Waals surface area contributed by atoms with Crippen LogP contribution in [0, 0.1) is 5.41 Å². The summed E-state index contributed by atoms with van der Waals surface area (Å²) in [5.74, 6) is 0.281. The molecule has 1 atom stereocenters. The fraction of sp³-hybridized carbons (Fsp3) is 0.688. The topological polar surface area (TPSA) is 49.3 Å². The molecule has 2 aliphatic heterocycles. The summed E-state index contributed by atoms with van der Waals surface area (Å²) >= 11 is 0. The van der Waals surface area contributed by atoms with E-state index in [2.05, 4.69) is 26.8 Å². The molecule has 5 nitrogen and oxygen atoms in total. The lowest BCUT2D eigenvalue weighted by molar-refractivity contribution is -0.130. The highest BCUT2D eigenvalue weighted by Crippen LogP contribution is 2.38. The molecule has 1 unspecified atom stereocenters. The molecule has 5 heteroatoms. The molecule has 21 heavy (non-hydrogen) atoms. The Morgan fingerprint density at radius 3 is 2.81 bits per heavy atom. The summed E-state index contributed by atoms with van der Waals surface area (Å²) in [6.07, 6.45) is 10.1. The summed E-state index contributed by atoms with van der Waals surface area (Å²) in [5, 5.41) is 0. The number of rotatable bonds is 3. The minimum Gasteiger partial charge on any atom is -0.342 e. The summed E-state index contributed by atoms with van der Waals surface area (Å²) in [7, 11) is 2.20. The summed E-state index contributed by atoms with van der Waals surface area (Å²) in [6.45, 7) is 4.21. The number of aromatic nitrogens is 2. The van der Waals surface area contributed by atoms with Crippen molar-refractivity contribution in [3.63, 3.8) is 0 Å². The van der Waals surface area contributed by atoms with Crippen molar-refractivity contribution in [2.24, 2.45) is 5.41 Å². The SMILES string of the molecule is CN1CCCC2(CCN(C(=O)CCc3cncnc3)C2)C1. The molecule has 0 aliphatic carbocycles. The van der Waals surface area contributed by atoms with Crippen molar-refractivity contribution in [3.05, 3.63) is 24.3 Å². The summed E-state index contributed by atoms with van der Waals surface area (Å²) < 4.78 is 0. The molecule has 1 aromatic heterocycles. The fourth-order valence-corrected chi connectivity index (χ4v) is 3.80. The summed E-state index contributed by atoms with van der Waals surface area (Å²) in [6, 6.07) is 0. The van der Waals surface area contributed by atoms with Crippen LogP contribution in [0.3, 0.4) is 0 Å². The van der Waals surface area contributed by atoms with Gasteiger partial charge in [0.25, 0.3) is 0 Å². The highest BCUT2D eigenvalue weighted by molar-refractivity contribution is 5.76. The van der Waals surface area contributed by atoms with Crippen LogP contribution in [0.4, 0.5) is 0 Å². The number of carbonyl (C=O) groups excluding carboxylic acids is 1. The molecule has 0 N–H and O–H groups in total. The highest BCUT2D eigenvalue weighted by Gasteiger charge is 2.41. The zero-order chi connectivity index (χ0) is 14.7. The van der Waals surface area contributed by atoms with Gasteiger partial charge in [-0.05, 0) is 44.8 Å². The van der Waals surface area contributed by atoms with Crippen LogP contribution >= 0.6 is 0 Å². The first-order valence-corrected chi connectivity index (χ1v) is 7.87. The molecule has 3 rings (SSSR count). The predicted octanol–water partition coefficient (Wildman–Crippen LogP) is 1.35. The molecule has 2 fully saturated rings. The van der Waals surface area contributed by atoms with Crippen LogP contribution in [0.5, 0.6) is 0 Å². The lowest BCUT2D eigenvalue weighted by atomic mass is 9.79. The van der Waals surface area contributed by atoms with E-state index in [-0.39, 0.29) is 5.91 Å². The van der Waals surface area contributed by atoms with Gasteiger partial charge >= 0.3 is 0 Å². The van der Waals surface area contributed by atoms with Crippen LogP contribution in [0.25, 0.3) is 0 Å². The second-order valence-electron chi connectivity index (χ2n) is 6.65. The average molecular weight is 288 g/mol. The third kappa shape index (κ3) is 3.40. The van der Waals surface area contributed by atoms with Gasteiger partial charge in [-0.15, -0.1) is 0 Å². The van der Waals surface area contributed by atoms with E-state index < -0.39 is 0 Å². The maximum Gasteiger partial charge on any atom is 0.222 e. The number of carbonyl (C=O) groups is 1. The van der Waals surface area contributed by atoms with Crippen molar-refractivity contribution >= 4 is 5.91 Å². The molecule has 3 heterocycles. The van der Waals surface area contributed by atoms with Crippen LogP contribution in [-0.4, -0.2) is 58.9 Å². The van der Waals surface area contributed by atoms with E-state index in [1.165, 1.54) is 25.7 Å². The van der Waals surface area contributed by atoms with E-state index in [0.29, 0.717) is 11.8 Å². The lowest BCUT2D eigenvalue weighted by Gasteiger charge is -2.38. The maximum absolute atomic E-state index is 12.4. The maximum atomic E-state index is 12.4. The Kier molecular flexibility index (Phi) is 4.19. The van der Waals surface area contributed by atoms with Crippen molar-refractivity contribution in [3.8, 4) is 0 Å². The van der Waals surface area contributed by atoms with Gasteiger partial charge in [-0.1, -0.05) is 0 Å². The van der Waals surface area contributed by atoms with Gasteiger partial charge in [0.05, 0.1) is 0 Å². The van der Waals surface area contributed by atoms with Gasteiger partial charge in [0.15, 0.2) is 0 Å². The van der Waals surface area contributed by atoms with E-state index in [9.17, 15) is 4.79 Å². The lowest BCUT2D eigenvalue weighted by Crippen LogP contribution is -2.43. The van der Waals surface area contributed by atoms with Crippen LogP contribution in [0.1, 0.15) is 31.2 Å². The van der Waals surface area contributed by atoms with Gasteiger partial charge in [0.1, 0.15) is 6.33 Å². The molecule has 0 radical (unpaired) electrons. The van der Waals surface area contributed by atoms with E-state index in [4.69, 9.17) is 0 Å². The molecule has 1 aromatic rings. The van der Waals surface area contributed by atoms with Crippen molar-refractivity contribution in [2.45, 2.75) is 32.1 Å². The zero-order valence-corrected chi connectivity index (χ0v) is 12.8. The standard InChI is InChI=1S/C16H24N4O/c1-19-7-2-5-16(11-19)6-8-20(12-16)15(21)4-3-14-9-17-13-18-10-14/h9-10,13H,2-8,11-12H2,1H3. The Morgan fingerprint density at radius 1 is 1.24 bits per heavy atom. The van der Waals surface area contributed by atoms with Gasteiger partial charge in [-0.3, -0.25) is 4.79 Å². The summed E-state index contributed by atoms with van der Waals surface area (Å²) in [4.78, 5) is 24.9. The van der Waals surface area contributed by atoms with E-state index in [1.54, 1.807) is 12.4 Å². The molecule has 1 amide bonds. The molecule has 1 spiro atoms. The first-order valence-electron chi connectivity index (χ1n) is 7.87. The second kappa shape index (κ2) is 6.10. The number of likely N-dealkylation sites (tertiary alicyclic amines) is 2. The predicted molar refractivity (Wildman–Crippen MR) is 80.7 cm³/mol. The number of hydrogen-bond donors (Lipinski definition) is 0. The molecular weight excluding hydrogens is 264 g/mol. The molecule has 2 saturated heterocycles. The van der Waals surface area contributed by atoms with Crippen molar-refractivity contribution in [2.75, 3.05) is 33.2 Å². The van der Waals surface area contributed by atoms with Gasteiger partial charge in [0.2, 0.25) is 5.91 Å². The molecule has 0 aromatic carbocycles. The minimum atomic E-state index is 0.281. The van der Waals surface area contributed by atoms with E-state index in [1.807, 2.05) is 0 Å². The number of hydrogen-bond acceptors (Lipinski definition) is 4. The Bertz CT molecular complexity index is 492. The quantitative estimate of drug-likeness (QED) is 0.842. The number of nitrogens with zero attached hydrogens (tertiary/aromatic N) is 4. The smallest absolute Gasteiger partial charge is 0.222 e. The monoisotopic (exact) mass is 288 g/mol. The van der Waals surface area contributed by atoms with Crippen LogP contribution in [0.15, 0.2) is 18.7 Å². The average Bonchev–Trinajstić information content (AvgIpc) is 2.89. The molecule has 114 valence electrons. The Labute approximate surface area is 126 Å². The summed E-state index contributed by atoms with van der Waals surface area (Å²) in [5.41, 5.74) is 1.40. The number of amides is 1. The van der Waals surface area contributed by atoms with Crippen molar-refractivity contribution < 1.29 is 4.79 Å². The Balaban J connectivity index is 1.52. The van der Waals surface area contributed by atoms with E-state index >= 15 is 0 Å². The van der Waals surface area contributed by atoms with Crippen LogP contribution in [-0.2, 0) is 11.2 Å². The Morgan fingerprint density at radius 2 is 2.05 bits per heavy atom. The molecule has 0 bridgehead atoms. The largest absolute Gasteiger partial charge is 0.342 e. The third-order valence-corrected chi connectivity index (χ3v) is 4.88. The Hall–Kier alpha value is -1.49. The van der Waals surface area contributed by atoms with Gasteiger partial charge < -0.3 is 9.80 Å². The van der Waals surface area contributed by atoms with Crippen LogP contribution < -0.4 is 0 Å². The second-order valence-corrected chi connectivity index (χ2v) is 6.65. The van der Waals surface area contributed by atoms with Crippen molar-refractivity contribution in [1.82, 2.24) is 19.8 Å². The van der Waals surface area contributed by atoms with Crippen molar-refractivity contribution in [1.29, 1.82) is 0 Å². The van der Waals surface area contributed by atoms with Gasteiger partial charge in [-0.25, -0.2) is 9.97 Å². The highest BCUT2D eigenvalue weighted by atomic mass is 16.2. The van der Waals surface area contributed by atoms with E-state index in [0.717, 1.165) is 38.0 Å². The number of aryl methyl sites for hydroxylation is 1. The zero-order valence-electron chi connectivity index (χ0n) is 12.8. The fourth-order valence-electron chi connectivity index (χ4n) is 3.80. The van der Waals surface area contributed by atoms with Gasteiger partial charge in [0, 0.05) is 43.9 Å². The van der Waals surface area contributed by atoms with Gasteiger partial charge in [-0.2, -0.15) is 0 Å². The first kappa shape index (κ1) is 14.4.